The van der Waals surface area contributed by atoms with E-state index in [0.29, 0.717) is 49.0 Å². The van der Waals surface area contributed by atoms with E-state index in [9.17, 15) is 9.59 Å². The van der Waals surface area contributed by atoms with Gasteiger partial charge in [-0.05, 0) is 87.6 Å². The molecule has 11 heteroatoms. The van der Waals surface area contributed by atoms with Crippen LogP contribution in [0.25, 0.3) is 21.8 Å². The van der Waals surface area contributed by atoms with Gasteiger partial charge in [-0.3, -0.25) is 4.79 Å². The van der Waals surface area contributed by atoms with Crippen molar-refractivity contribution in [1.29, 1.82) is 5.26 Å². The van der Waals surface area contributed by atoms with Gasteiger partial charge < -0.3 is 23.8 Å². The van der Waals surface area contributed by atoms with Gasteiger partial charge in [0.1, 0.15) is 23.1 Å². The minimum absolute atomic E-state index is 0.0844. The Hall–Kier alpha value is -3.23. The summed E-state index contributed by atoms with van der Waals surface area (Å²) < 4.78 is 29.9. The summed E-state index contributed by atoms with van der Waals surface area (Å²) in [4.78, 5) is 34.7. The second-order valence-corrected chi connectivity index (χ2v) is 12.7. The Kier molecular flexibility index (Phi) is 8.26. The zero-order valence-corrected chi connectivity index (χ0v) is 25.5. The van der Waals surface area contributed by atoms with E-state index in [0.717, 1.165) is 19.4 Å². The summed E-state index contributed by atoms with van der Waals surface area (Å²) in [6, 6.07) is 5.39. The number of benzene rings is 1. The van der Waals surface area contributed by atoms with Crippen LogP contribution in [0.4, 0.5) is 9.18 Å². The lowest BCUT2D eigenvalue weighted by Gasteiger charge is -2.25. The number of carbonyl (C=O) groups excluding carboxylic acids is 1. The number of amides is 1. The second kappa shape index (κ2) is 11.6. The van der Waals surface area contributed by atoms with E-state index >= 15 is 4.39 Å². The molecule has 9 nitrogen and oxygen atoms in total. The minimum atomic E-state index is -0.620. The summed E-state index contributed by atoms with van der Waals surface area (Å²) in [6.45, 7) is 7.64. The molecule has 0 radical (unpaired) electrons. The average Bonchev–Trinajstić information content (AvgIpc) is 3.57. The zero-order chi connectivity index (χ0) is 29.5. The van der Waals surface area contributed by atoms with Crippen LogP contribution in [0.5, 0.6) is 5.88 Å². The van der Waals surface area contributed by atoms with Crippen LogP contribution in [0.3, 0.4) is 0 Å². The van der Waals surface area contributed by atoms with E-state index in [1.54, 1.807) is 17.2 Å². The SMILES string of the molecule is CN1CCCC1COc1nc2c(F)c(Br)c(CCC#N)cc2c2c1c(=O)ccn2C1CCN(C(=O)OC(C)(C)C)C1. The molecule has 1 amide bonds. The van der Waals surface area contributed by atoms with Crippen molar-refractivity contribution < 1.29 is 18.7 Å². The number of likely N-dealkylation sites (N-methyl/N-ethyl adjacent to an activating group) is 1. The Labute approximate surface area is 246 Å². The van der Waals surface area contributed by atoms with E-state index in [1.165, 1.54) is 6.07 Å². The Morgan fingerprint density at radius 3 is 2.76 bits per heavy atom. The van der Waals surface area contributed by atoms with E-state index in [4.69, 9.17) is 14.7 Å². The molecule has 5 rings (SSSR count). The number of halogens is 2. The number of nitriles is 1. The molecule has 3 aromatic rings. The molecule has 2 aliphatic rings. The second-order valence-electron chi connectivity index (χ2n) is 11.9. The lowest BCUT2D eigenvalue weighted by Crippen LogP contribution is -2.35. The highest BCUT2D eigenvalue weighted by Crippen LogP contribution is 2.37. The van der Waals surface area contributed by atoms with E-state index in [-0.39, 0.29) is 45.2 Å². The van der Waals surface area contributed by atoms with Crippen LogP contribution in [-0.2, 0) is 11.2 Å². The Morgan fingerprint density at radius 1 is 1.29 bits per heavy atom. The predicted molar refractivity (Wildman–Crippen MR) is 158 cm³/mol. The van der Waals surface area contributed by atoms with Crippen LogP contribution in [-0.4, -0.2) is 70.4 Å². The van der Waals surface area contributed by atoms with Crippen molar-refractivity contribution >= 4 is 43.8 Å². The number of fused-ring (bicyclic) bond motifs is 3. The lowest BCUT2D eigenvalue weighted by atomic mass is 10.0. The topological polar surface area (TPSA) is 101 Å². The van der Waals surface area contributed by atoms with Gasteiger partial charge in [0.2, 0.25) is 5.88 Å². The van der Waals surface area contributed by atoms with Crippen molar-refractivity contribution in [2.24, 2.45) is 0 Å². The monoisotopic (exact) mass is 627 g/mol. The molecule has 41 heavy (non-hydrogen) atoms. The summed E-state index contributed by atoms with van der Waals surface area (Å²) in [5.41, 5.74) is 0.319. The number of pyridine rings is 2. The number of hydrogen-bond donors (Lipinski definition) is 0. The summed E-state index contributed by atoms with van der Waals surface area (Å²) in [7, 11) is 2.04. The first-order chi connectivity index (χ1) is 19.5. The summed E-state index contributed by atoms with van der Waals surface area (Å²) >= 11 is 3.37. The average molecular weight is 629 g/mol. The number of nitrogens with zero attached hydrogens (tertiary/aromatic N) is 5. The van der Waals surface area contributed by atoms with Gasteiger partial charge in [0, 0.05) is 43.2 Å². The molecule has 2 saturated heterocycles. The molecule has 2 aliphatic heterocycles. The van der Waals surface area contributed by atoms with Gasteiger partial charge in [0.05, 0.1) is 22.1 Å². The summed E-state index contributed by atoms with van der Waals surface area (Å²) in [5.74, 6) is -0.463. The van der Waals surface area contributed by atoms with Gasteiger partial charge in [0.15, 0.2) is 11.2 Å². The third-order valence-corrected chi connectivity index (χ3v) is 8.72. The van der Waals surface area contributed by atoms with E-state index in [2.05, 4.69) is 31.9 Å². The molecule has 2 fully saturated rings. The highest BCUT2D eigenvalue weighted by atomic mass is 79.9. The standard InChI is InChI=1S/C30H35BrFN5O4/c1-30(2,3)41-29(39)36-13-9-19(16-36)37-14-10-22(38)23-27(37)21-15-18(7-5-11-33)24(31)25(32)26(21)34-28(23)40-17-20-8-6-12-35(20)4/h10,14-15,19-20H,5-9,12-13,16-17H2,1-4H3. The van der Waals surface area contributed by atoms with Crippen LogP contribution >= 0.6 is 15.9 Å². The molecule has 0 spiro atoms. The molecule has 0 aliphatic carbocycles. The fourth-order valence-electron chi connectivity index (χ4n) is 5.76. The Morgan fingerprint density at radius 2 is 2.07 bits per heavy atom. The Balaban J connectivity index is 1.66. The maximum Gasteiger partial charge on any atom is 0.410 e. The number of aryl methyl sites for hydroxylation is 1. The number of carbonyl (C=O) groups is 1. The fraction of sp³-hybridized carbons (Fsp3) is 0.533. The zero-order valence-electron chi connectivity index (χ0n) is 23.9. The first kappa shape index (κ1) is 29.3. The van der Waals surface area contributed by atoms with Gasteiger partial charge in [-0.2, -0.15) is 5.26 Å². The van der Waals surface area contributed by atoms with Crippen LogP contribution in [0.2, 0.25) is 0 Å². The first-order valence-corrected chi connectivity index (χ1v) is 14.8. The molecule has 1 aromatic carbocycles. The van der Waals surface area contributed by atoms with Crippen LogP contribution in [0.15, 0.2) is 27.6 Å². The third kappa shape index (κ3) is 5.90. The smallest absolute Gasteiger partial charge is 0.410 e. The fourth-order valence-corrected chi connectivity index (χ4v) is 6.26. The van der Waals surface area contributed by atoms with Crippen molar-refractivity contribution in [2.75, 3.05) is 33.3 Å². The number of hydrogen-bond acceptors (Lipinski definition) is 7. The van der Waals surface area contributed by atoms with Crippen molar-refractivity contribution in [1.82, 2.24) is 19.4 Å². The maximum absolute atomic E-state index is 15.9. The third-order valence-electron chi connectivity index (χ3n) is 7.87. The highest BCUT2D eigenvalue weighted by Gasteiger charge is 2.32. The lowest BCUT2D eigenvalue weighted by molar-refractivity contribution is 0.0289. The van der Waals surface area contributed by atoms with Gasteiger partial charge in [-0.25, -0.2) is 14.2 Å². The van der Waals surface area contributed by atoms with Crippen LogP contribution < -0.4 is 10.2 Å². The molecule has 4 heterocycles. The highest BCUT2D eigenvalue weighted by molar-refractivity contribution is 9.10. The van der Waals surface area contributed by atoms with Crippen molar-refractivity contribution in [3.63, 3.8) is 0 Å². The van der Waals surface area contributed by atoms with Crippen LogP contribution in [0.1, 0.15) is 58.1 Å². The van der Waals surface area contributed by atoms with E-state index in [1.807, 2.05) is 32.4 Å². The van der Waals surface area contributed by atoms with Crippen LogP contribution in [0, 0.1) is 17.1 Å². The summed E-state index contributed by atoms with van der Waals surface area (Å²) in [6.07, 6.45) is 4.52. The largest absolute Gasteiger partial charge is 0.475 e. The molecular weight excluding hydrogens is 593 g/mol. The van der Waals surface area contributed by atoms with Gasteiger partial charge in [-0.1, -0.05) is 0 Å². The van der Waals surface area contributed by atoms with Crippen molar-refractivity contribution in [3.05, 3.63) is 44.4 Å². The molecule has 2 aromatic heterocycles. The van der Waals surface area contributed by atoms with Gasteiger partial charge >= 0.3 is 6.09 Å². The normalized spacial score (nSPS) is 19.7. The predicted octanol–water partition coefficient (Wildman–Crippen LogP) is 5.56. The number of likely N-dealkylation sites (tertiary alicyclic amines) is 2. The van der Waals surface area contributed by atoms with E-state index < -0.39 is 17.5 Å². The Bertz CT molecular complexity index is 1590. The quantitative estimate of drug-likeness (QED) is 0.330. The molecule has 0 N–H and O–H groups in total. The summed E-state index contributed by atoms with van der Waals surface area (Å²) in [5, 5.41) is 9.91. The molecule has 2 atom stereocenters. The molecule has 218 valence electrons. The minimum Gasteiger partial charge on any atom is -0.475 e. The first-order valence-electron chi connectivity index (χ1n) is 14.0. The molecule has 2 unspecified atom stereocenters. The van der Waals surface area contributed by atoms with Gasteiger partial charge in [-0.15, -0.1) is 0 Å². The molecular formula is C30H35BrFN5O4. The van der Waals surface area contributed by atoms with Crippen molar-refractivity contribution in [3.8, 4) is 11.9 Å². The number of aromatic nitrogens is 2. The molecule has 0 bridgehead atoms. The van der Waals surface area contributed by atoms with Crippen molar-refractivity contribution in [2.45, 2.75) is 70.6 Å². The maximum atomic E-state index is 15.9. The number of rotatable bonds is 6. The van der Waals surface area contributed by atoms with Gasteiger partial charge in [0.25, 0.3) is 0 Å². The number of ether oxygens (including phenoxy) is 2. The molecule has 0 saturated carbocycles.